The van der Waals surface area contributed by atoms with Crippen molar-refractivity contribution in [1.82, 2.24) is 0 Å². The van der Waals surface area contributed by atoms with Crippen LogP contribution in [0.5, 0.6) is 0 Å². The summed E-state index contributed by atoms with van der Waals surface area (Å²) < 4.78 is 50.3. The first kappa shape index (κ1) is 17.2. The predicted octanol–water partition coefficient (Wildman–Crippen LogP) is 4.31. The van der Waals surface area contributed by atoms with Gasteiger partial charge in [0.05, 0.1) is 5.56 Å². The average Bonchev–Trinajstić information content (AvgIpc) is 2.25. The molecule has 1 unspecified atom stereocenters. The molecule has 0 amide bonds. The van der Waals surface area contributed by atoms with E-state index in [0.717, 1.165) is 18.6 Å². The Hall–Kier alpha value is -0.810. The Morgan fingerprint density at radius 1 is 1.28 bits per heavy atom. The summed E-state index contributed by atoms with van der Waals surface area (Å²) in [7, 11) is 0. The minimum Gasteiger partial charge on any atom is -0.324 e. The van der Waals surface area contributed by atoms with Crippen LogP contribution in [0.4, 0.5) is 17.6 Å². The maximum Gasteiger partial charge on any atom is 0.419 e. The van der Waals surface area contributed by atoms with Crippen LogP contribution in [0.15, 0.2) is 18.2 Å². The molecular weight excluding hydrogens is 270 g/mol. The van der Waals surface area contributed by atoms with Gasteiger partial charge in [0, 0.05) is 6.04 Å². The first-order chi connectivity index (χ1) is 7.77. The quantitative estimate of drug-likeness (QED) is 0.823. The first-order valence-corrected chi connectivity index (χ1v) is 5.39. The van der Waals surface area contributed by atoms with E-state index in [-0.39, 0.29) is 18.3 Å². The zero-order valence-corrected chi connectivity index (χ0v) is 10.9. The topological polar surface area (TPSA) is 26.0 Å². The van der Waals surface area contributed by atoms with Gasteiger partial charge in [-0.15, -0.1) is 12.4 Å². The molecule has 0 bridgehead atoms. The van der Waals surface area contributed by atoms with Gasteiger partial charge in [-0.05, 0) is 23.6 Å². The van der Waals surface area contributed by atoms with Crippen molar-refractivity contribution in [3.63, 3.8) is 0 Å². The maximum absolute atomic E-state index is 13.3. The molecule has 0 aliphatic carbocycles. The van der Waals surface area contributed by atoms with Crippen LogP contribution >= 0.6 is 12.4 Å². The summed E-state index contributed by atoms with van der Waals surface area (Å²) in [4.78, 5) is 0. The second-order valence-electron chi connectivity index (χ2n) is 4.15. The average molecular weight is 286 g/mol. The monoisotopic (exact) mass is 285 g/mol. The van der Waals surface area contributed by atoms with E-state index in [1.807, 2.05) is 13.8 Å². The molecule has 1 rings (SSSR count). The molecule has 2 N–H and O–H groups in total. The third-order valence-corrected chi connectivity index (χ3v) is 2.94. The van der Waals surface area contributed by atoms with Crippen LogP contribution < -0.4 is 5.73 Å². The van der Waals surface area contributed by atoms with Crippen LogP contribution in [0.2, 0.25) is 0 Å². The summed E-state index contributed by atoms with van der Waals surface area (Å²) >= 11 is 0. The van der Waals surface area contributed by atoms with Crippen LogP contribution in [0.1, 0.15) is 37.4 Å². The minimum atomic E-state index is -4.66. The summed E-state index contributed by atoms with van der Waals surface area (Å²) in [6.45, 7) is 3.80. The fraction of sp³-hybridized carbons (Fsp3) is 0.500. The zero-order valence-electron chi connectivity index (χ0n) is 10.1. The molecule has 2 atom stereocenters. The molecule has 0 fully saturated rings. The van der Waals surface area contributed by atoms with Crippen LogP contribution in [0.3, 0.4) is 0 Å². The smallest absolute Gasteiger partial charge is 0.324 e. The van der Waals surface area contributed by atoms with E-state index in [9.17, 15) is 17.6 Å². The van der Waals surface area contributed by atoms with Gasteiger partial charge < -0.3 is 5.73 Å². The highest BCUT2D eigenvalue weighted by Crippen LogP contribution is 2.33. The Morgan fingerprint density at radius 2 is 1.83 bits per heavy atom. The van der Waals surface area contributed by atoms with Crippen molar-refractivity contribution >= 4 is 12.4 Å². The number of hydrogen-bond donors (Lipinski definition) is 1. The van der Waals surface area contributed by atoms with Crippen LogP contribution in [-0.2, 0) is 6.18 Å². The molecule has 0 saturated heterocycles. The fourth-order valence-electron chi connectivity index (χ4n) is 1.55. The maximum atomic E-state index is 13.3. The number of nitrogens with two attached hydrogens (primary N) is 1. The van der Waals surface area contributed by atoms with E-state index in [0.29, 0.717) is 5.56 Å². The van der Waals surface area contributed by atoms with Crippen molar-refractivity contribution in [2.45, 2.75) is 32.5 Å². The van der Waals surface area contributed by atoms with Crippen LogP contribution in [0, 0.1) is 11.7 Å². The van der Waals surface area contributed by atoms with Crippen molar-refractivity contribution in [2.75, 3.05) is 0 Å². The Bertz CT molecular complexity index is 392. The van der Waals surface area contributed by atoms with Gasteiger partial charge >= 0.3 is 6.18 Å². The fourth-order valence-corrected chi connectivity index (χ4v) is 1.55. The third-order valence-electron chi connectivity index (χ3n) is 2.94. The molecule has 1 nitrogen and oxygen atoms in total. The van der Waals surface area contributed by atoms with Crippen molar-refractivity contribution in [3.8, 4) is 0 Å². The van der Waals surface area contributed by atoms with Gasteiger partial charge in [-0.3, -0.25) is 0 Å². The molecule has 0 aliphatic rings. The van der Waals surface area contributed by atoms with Crippen LogP contribution in [0.25, 0.3) is 0 Å². The lowest BCUT2D eigenvalue weighted by Crippen LogP contribution is -2.19. The Kier molecular flexibility index (Phi) is 6.10. The van der Waals surface area contributed by atoms with E-state index >= 15 is 0 Å². The van der Waals surface area contributed by atoms with Gasteiger partial charge in [0.15, 0.2) is 0 Å². The molecule has 104 valence electrons. The molecule has 0 aliphatic heterocycles. The second-order valence-corrected chi connectivity index (χ2v) is 4.15. The van der Waals surface area contributed by atoms with E-state index in [1.165, 1.54) is 6.07 Å². The lowest BCUT2D eigenvalue weighted by Gasteiger charge is -2.19. The SMILES string of the molecule is CCC(C)[C@@H](N)c1ccc(C(F)(F)F)c(F)c1.Cl. The standard InChI is InChI=1S/C12H15F4N.ClH/c1-3-7(2)11(17)8-4-5-9(10(13)6-8)12(14,15)16;/h4-7,11H,3,17H2,1-2H3;1H/t7?,11-;/m1./s1. The molecule has 1 aromatic rings. The van der Waals surface area contributed by atoms with E-state index in [2.05, 4.69) is 0 Å². The highest BCUT2D eigenvalue weighted by atomic mass is 35.5. The lowest BCUT2D eigenvalue weighted by atomic mass is 9.92. The van der Waals surface area contributed by atoms with Gasteiger partial charge in [0.2, 0.25) is 0 Å². The molecule has 0 spiro atoms. The molecule has 0 aromatic heterocycles. The predicted molar refractivity (Wildman–Crippen MR) is 65.0 cm³/mol. The zero-order chi connectivity index (χ0) is 13.2. The molecular formula is C12H16ClF4N. The number of alkyl halides is 3. The second kappa shape index (κ2) is 6.38. The van der Waals surface area contributed by atoms with Crippen molar-refractivity contribution in [3.05, 3.63) is 35.1 Å². The number of rotatable bonds is 3. The van der Waals surface area contributed by atoms with Crippen molar-refractivity contribution in [2.24, 2.45) is 11.7 Å². The molecule has 0 saturated carbocycles. The summed E-state index contributed by atoms with van der Waals surface area (Å²) in [5, 5.41) is 0. The number of halogens is 5. The summed E-state index contributed by atoms with van der Waals surface area (Å²) in [5.74, 6) is -1.18. The highest BCUT2D eigenvalue weighted by molar-refractivity contribution is 5.85. The summed E-state index contributed by atoms with van der Waals surface area (Å²) in [5.41, 5.74) is 4.97. The van der Waals surface area contributed by atoms with Gasteiger partial charge in [0.25, 0.3) is 0 Å². The summed E-state index contributed by atoms with van der Waals surface area (Å²) in [6, 6.07) is 2.41. The molecule has 0 radical (unpaired) electrons. The van der Waals surface area contributed by atoms with Crippen molar-refractivity contribution in [1.29, 1.82) is 0 Å². The van der Waals surface area contributed by atoms with Crippen LogP contribution in [-0.4, -0.2) is 0 Å². The van der Waals surface area contributed by atoms with Gasteiger partial charge in [0.1, 0.15) is 5.82 Å². The normalized spacial score (nSPS) is 14.8. The largest absolute Gasteiger partial charge is 0.419 e. The van der Waals surface area contributed by atoms with Gasteiger partial charge in [-0.2, -0.15) is 13.2 Å². The minimum absolute atomic E-state index is 0. The number of benzene rings is 1. The molecule has 1 aromatic carbocycles. The lowest BCUT2D eigenvalue weighted by molar-refractivity contribution is -0.140. The first-order valence-electron chi connectivity index (χ1n) is 5.39. The Balaban J connectivity index is 0.00000289. The van der Waals surface area contributed by atoms with Gasteiger partial charge in [-0.1, -0.05) is 26.3 Å². The van der Waals surface area contributed by atoms with Crippen molar-refractivity contribution < 1.29 is 17.6 Å². The van der Waals surface area contributed by atoms with E-state index in [4.69, 9.17) is 5.73 Å². The highest BCUT2D eigenvalue weighted by Gasteiger charge is 2.34. The Labute approximate surface area is 110 Å². The summed E-state index contributed by atoms with van der Waals surface area (Å²) in [6.07, 6.45) is -3.88. The third kappa shape index (κ3) is 3.85. The molecule has 0 heterocycles. The molecule has 18 heavy (non-hydrogen) atoms. The van der Waals surface area contributed by atoms with E-state index in [1.54, 1.807) is 0 Å². The Morgan fingerprint density at radius 3 is 2.22 bits per heavy atom. The van der Waals surface area contributed by atoms with E-state index < -0.39 is 23.6 Å². The van der Waals surface area contributed by atoms with Gasteiger partial charge in [-0.25, -0.2) is 4.39 Å². The number of hydrogen-bond acceptors (Lipinski definition) is 1. The molecule has 6 heteroatoms.